The zero-order valence-electron chi connectivity index (χ0n) is 11.3. The second-order valence-corrected chi connectivity index (χ2v) is 5.76. The minimum absolute atomic E-state index is 0.211. The Kier molecular flexibility index (Phi) is 4.20. The molecule has 1 amide bonds. The molecule has 0 aliphatic heterocycles. The number of rotatable bonds is 4. The summed E-state index contributed by atoms with van der Waals surface area (Å²) in [5.74, 6) is -1.37. The number of aliphatic carboxylic acids is 1. The highest BCUT2D eigenvalue weighted by Gasteiger charge is 2.44. The molecule has 1 heterocycles. The minimum Gasteiger partial charge on any atom is -0.481 e. The van der Waals surface area contributed by atoms with Crippen LogP contribution in [-0.4, -0.2) is 27.5 Å². The van der Waals surface area contributed by atoms with Crippen LogP contribution in [0.4, 0.5) is 0 Å². The van der Waals surface area contributed by atoms with Gasteiger partial charge < -0.3 is 10.4 Å². The van der Waals surface area contributed by atoms with Gasteiger partial charge in [0.1, 0.15) is 5.15 Å². The SMILES string of the molecule is CC(C)(NC(=O)c1ccnc(Cl)c1)C(C)(C)C(=O)O. The first-order valence-electron chi connectivity index (χ1n) is 5.75. The summed E-state index contributed by atoms with van der Waals surface area (Å²) < 4.78 is 0. The first-order chi connectivity index (χ1) is 8.58. The van der Waals surface area contributed by atoms with E-state index in [2.05, 4.69) is 10.3 Å². The number of amides is 1. The average Bonchev–Trinajstić information content (AvgIpc) is 2.27. The molecular formula is C13H17ClN2O3. The number of halogens is 1. The molecule has 6 heteroatoms. The van der Waals surface area contributed by atoms with Gasteiger partial charge in [-0.2, -0.15) is 0 Å². The van der Waals surface area contributed by atoms with Crippen LogP contribution in [0, 0.1) is 5.41 Å². The number of carboxylic acids is 1. The van der Waals surface area contributed by atoms with Crippen molar-refractivity contribution in [3.05, 3.63) is 29.0 Å². The molecule has 1 aromatic rings. The predicted octanol–water partition coefficient (Wildman–Crippen LogP) is 2.35. The smallest absolute Gasteiger partial charge is 0.311 e. The van der Waals surface area contributed by atoms with Crippen molar-refractivity contribution in [2.75, 3.05) is 0 Å². The third-order valence-corrected chi connectivity index (χ3v) is 3.72. The van der Waals surface area contributed by atoms with Gasteiger partial charge in [-0.15, -0.1) is 0 Å². The molecule has 1 aromatic heterocycles. The first kappa shape index (κ1) is 15.4. The zero-order chi connectivity index (χ0) is 14.8. The van der Waals surface area contributed by atoms with Crippen molar-refractivity contribution < 1.29 is 14.7 Å². The maximum atomic E-state index is 12.1. The van der Waals surface area contributed by atoms with E-state index in [1.54, 1.807) is 27.7 Å². The molecule has 1 rings (SSSR count). The normalized spacial score (nSPS) is 12.1. The van der Waals surface area contributed by atoms with Crippen LogP contribution in [0.3, 0.4) is 0 Å². The third kappa shape index (κ3) is 3.23. The lowest BCUT2D eigenvalue weighted by atomic mass is 9.74. The number of nitrogens with zero attached hydrogens (tertiary/aromatic N) is 1. The van der Waals surface area contributed by atoms with Gasteiger partial charge in [-0.05, 0) is 39.8 Å². The lowest BCUT2D eigenvalue weighted by Gasteiger charge is -2.38. The van der Waals surface area contributed by atoms with Crippen molar-refractivity contribution in [2.24, 2.45) is 5.41 Å². The molecule has 104 valence electrons. The second kappa shape index (κ2) is 5.17. The fraction of sp³-hybridized carbons (Fsp3) is 0.462. The molecule has 0 saturated heterocycles. The Bertz CT molecular complexity index is 512. The number of nitrogens with one attached hydrogen (secondary N) is 1. The van der Waals surface area contributed by atoms with Gasteiger partial charge in [0.2, 0.25) is 0 Å². The van der Waals surface area contributed by atoms with Crippen molar-refractivity contribution in [3.63, 3.8) is 0 Å². The Hall–Kier alpha value is -1.62. The molecule has 5 nitrogen and oxygen atoms in total. The lowest BCUT2D eigenvalue weighted by molar-refractivity contribution is -0.150. The molecule has 0 aliphatic carbocycles. The van der Waals surface area contributed by atoms with Crippen molar-refractivity contribution in [1.82, 2.24) is 10.3 Å². The van der Waals surface area contributed by atoms with Gasteiger partial charge in [0.25, 0.3) is 5.91 Å². The molecule has 19 heavy (non-hydrogen) atoms. The monoisotopic (exact) mass is 284 g/mol. The Labute approximate surface area is 117 Å². The van der Waals surface area contributed by atoms with Gasteiger partial charge in [0.15, 0.2) is 0 Å². The maximum absolute atomic E-state index is 12.1. The molecule has 0 saturated carbocycles. The standard InChI is InChI=1S/C13H17ClN2O3/c1-12(2,11(18)19)13(3,4)16-10(17)8-5-6-15-9(14)7-8/h5-7H,1-4H3,(H,16,17)(H,18,19). The van der Waals surface area contributed by atoms with Gasteiger partial charge in [-0.1, -0.05) is 11.6 Å². The van der Waals surface area contributed by atoms with Crippen molar-refractivity contribution in [3.8, 4) is 0 Å². The summed E-state index contributed by atoms with van der Waals surface area (Å²) in [5.41, 5.74) is -1.69. The molecule has 0 aliphatic rings. The van der Waals surface area contributed by atoms with E-state index in [-0.39, 0.29) is 11.1 Å². The number of hydrogen-bond acceptors (Lipinski definition) is 3. The fourth-order valence-corrected chi connectivity index (χ4v) is 1.50. The van der Waals surface area contributed by atoms with E-state index in [1.807, 2.05) is 0 Å². The zero-order valence-corrected chi connectivity index (χ0v) is 12.1. The molecule has 0 spiro atoms. The summed E-state index contributed by atoms with van der Waals surface area (Å²) in [6.45, 7) is 6.47. The minimum atomic E-state index is -1.11. The fourth-order valence-electron chi connectivity index (χ4n) is 1.32. The van der Waals surface area contributed by atoms with E-state index in [0.29, 0.717) is 5.56 Å². The number of hydrogen-bond donors (Lipinski definition) is 2. The summed E-state index contributed by atoms with van der Waals surface area (Å²) in [6.07, 6.45) is 1.42. The van der Waals surface area contributed by atoms with Gasteiger partial charge in [-0.25, -0.2) is 4.98 Å². The molecule has 0 atom stereocenters. The van der Waals surface area contributed by atoms with Crippen LogP contribution in [0.25, 0.3) is 0 Å². The van der Waals surface area contributed by atoms with Crippen LogP contribution in [0.5, 0.6) is 0 Å². The number of carbonyl (C=O) groups excluding carboxylic acids is 1. The molecule has 0 unspecified atom stereocenters. The number of carboxylic acid groups (broad SMARTS) is 1. The summed E-state index contributed by atoms with van der Waals surface area (Å²) in [5, 5.41) is 12.1. The van der Waals surface area contributed by atoms with Gasteiger partial charge >= 0.3 is 5.97 Å². The van der Waals surface area contributed by atoms with Crippen LogP contribution in [-0.2, 0) is 4.79 Å². The first-order valence-corrected chi connectivity index (χ1v) is 6.13. The highest BCUT2D eigenvalue weighted by molar-refractivity contribution is 6.29. The number of carbonyl (C=O) groups is 2. The van der Waals surface area contributed by atoms with E-state index in [1.165, 1.54) is 18.3 Å². The van der Waals surface area contributed by atoms with E-state index in [9.17, 15) is 14.7 Å². The molecule has 2 N–H and O–H groups in total. The van der Waals surface area contributed by atoms with Crippen LogP contribution < -0.4 is 5.32 Å². The highest BCUT2D eigenvalue weighted by atomic mass is 35.5. The molecule has 0 fully saturated rings. The number of pyridine rings is 1. The maximum Gasteiger partial charge on any atom is 0.311 e. The topological polar surface area (TPSA) is 79.3 Å². The van der Waals surface area contributed by atoms with E-state index in [4.69, 9.17) is 11.6 Å². The van der Waals surface area contributed by atoms with Crippen molar-refractivity contribution >= 4 is 23.5 Å². The molecule has 0 radical (unpaired) electrons. The van der Waals surface area contributed by atoms with Crippen LogP contribution in [0.1, 0.15) is 38.1 Å². The Morgan fingerprint density at radius 3 is 2.37 bits per heavy atom. The van der Waals surface area contributed by atoms with Gasteiger partial charge in [-0.3, -0.25) is 9.59 Å². The van der Waals surface area contributed by atoms with E-state index >= 15 is 0 Å². The van der Waals surface area contributed by atoms with Crippen molar-refractivity contribution in [1.29, 1.82) is 0 Å². The molecule has 0 aromatic carbocycles. The average molecular weight is 285 g/mol. The van der Waals surface area contributed by atoms with Gasteiger partial charge in [0, 0.05) is 11.8 Å². The third-order valence-electron chi connectivity index (χ3n) is 3.51. The van der Waals surface area contributed by atoms with Crippen LogP contribution in [0.15, 0.2) is 18.3 Å². The second-order valence-electron chi connectivity index (χ2n) is 5.38. The summed E-state index contributed by atoms with van der Waals surface area (Å²) in [6, 6.07) is 2.95. The van der Waals surface area contributed by atoms with Crippen LogP contribution in [0.2, 0.25) is 5.15 Å². The largest absolute Gasteiger partial charge is 0.481 e. The Balaban J connectivity index is 2.96. The highest BCUT2D eigenvalue weighted by Crippen LogP contribution is 2.31. The summed E-state index contributed by atoms with van der Waals surface area (Å²) in [7, 11) is 0. The predicted molar refractivity (Wildman–Crippen MR) is 72.2 cm³/mol. The molecule has 0 bridgehead atoms. The molecular weight excluding hydrogens is 268 g/mol. The van der Waals surface area contributed by atoms with E-state index in [0.717, 1.165) is 0 Å². The van der Waals surface area contributed by atoms with Crippen molar-refractivity contribution in [2.45, 2.75) is 33.2 Å². The Morgan fingerprint density at radius 1 is 1.32 bits per heavy atom. The Morgan fingerprint density at radius 2 is 1.89 bits per heavy atom. The summed E-state index contributed by atoms with van der Waals surface area (Å²) >= 11 is 5.72. The summed E-state index contributed by atoms with van der Waals surface area (Å²) in [4.78, 5) is 27.1. The number of aromatic nitrogens is 1. The van der Waals surface area contributed by atoms with E-state index < -0.39 is 16.9 Å². The van der Waals surface area contributed by atoms with Gasteiger partial charge in [0.05, 0.1) is 11.0 Å². The van der Waals surface area contributed by atoms with Crippen LogP contribution >= 0.6 is 11.6 Å². The lowest BCUT2D eigenvalue weighted by Crippen LogP contribution is -2.56. The quantitative estimate of drug-likeness (QED) is 0.832.